The first-order valence-electron chi connectivity index (χ1n) is 17.2. The van der Waals surface area contributed by atoms with Crippen molar-refractivity contribution in [3.05, 3.63) is 95.5 Å². The summed E-state index contributed by atoms with van der Waals surface area (Å²) >= 11 is 6.04. The van der Waals surface area contributed by atoms with Crippen molar-refractivity contribution in [3.63, 3.8) is 0 Å². The lowest BCUT2D eigenvalue weighted by Gasteiger charge is -2.43. The number of rotatable bonds is 8. The Labute approximate surface area is 296 Å². The van der Waals surface area contributed by atoms with Crippen molar-refractivity contribution in [3.8, 4) is 16.9 Å². The van der Waals surface area contributed by atoms with E-state index in [1.54, 1.807) is 18.2 Å². The third-order valence-electron chi connectivity index (χ3n) is 10.2. The SMILES string of the molecule is N[C@@H]1CCN(C(=O)[C@@H]2CN(Cc3ccc(-c4ccc(Cl)cc4)cc3)CCN2S(=O)(=O)c2ccc3cc(OC4CCCC4)ccc3c2)CC1(F)F. The number of hydrogen-bond donors (Lipinski definition) is 1. The molecule has 8 nitrogen and oxygen atoms in total. The monoisotopic (exact) mass is 722 g/mol. The summed E-state index contributed by atoms with van der Waals surface area (Å²) in [4.78, 5) is 17.2. The van der Waals surface area contributed by atoms with Gasteiger partial charge in [-0.05, 0) is 96.0 Å². The molecule has 3 fully saturated rings. The highest BCUT2D eigenvalue weighted by molar-refractivity contribution is 7.89. The van der Waals surface area contributed by atoms with Gasteiger partial charge < -0.3 is 15.4 Å². The van der Waals surface area contributed by atoms with Gasteiger partial charge in [0.15, 0.2) is 0 Å². The average molecular weight is 723 g/mol. The number of sulfonamides is 1. The maximum Gasteiger partial charge on any atom is 0.280 e. The molecule has 0 bridgehead atoms. The quantitative estimate of drug-likeness (QED) is 0.222. The second kappa shape index (κ2) is 14.2. The van der Waals surface area contributed by atoms with Crippen LogP contribution in [0.3, 0.4) is 0 Å². The van der Waals surface area contributed by atoms with E-state index in [2.05, 4.69) is 0 Å². The van der Waals surface area contributed by atoms with E-state index in [0.29, 0.717) is 18.1 Å². The highest BCUT2D eigenvalue weighted by Gasteiger charge is 2.48. The van der Waals surface area contributed by atoms with Crippen LogP contribution < -0.4 is 10.5 Å². The number of fused-ring (bicyclic) bond motifs is 1. The van der Waals surface area contributed by atoms with Gasteiger partial charge in [-0.2, -0.15) is 4.31 Å². The number of piperazine rings is 1. The van der Waals surface area contributed by atoms with Crippen LogP contribution in [-0.4, -0.2) is 85.3 Å². The van der Waals surface area contributed by atoms with Gasteiger partial charge >= 0.3 is 0 Å². The van der Waals surface area contributed by atoms with E-state index in [-0.39, 0.29) is 37.1 Å². The fourth-order valence-corrected chi connectivity index (χ4v) is 9.01. The zero-order valence-electron chi connectivity index (χ0n) is 27.7. The Bertz CT molecular complexity index is 1960. The third-order valence-corrected chi connectivity index (χ3v) is 12.4. The summed E-state index contributed by atoms with van der Waals surface area (Å²) in [6.07, 6.45) is 4.50. The minimum absolute atomic E-state index is 0.0253. The highest BCUT2D eigenvalue weighted by Crippen LogP contribution is 2.32. The Morgan fingerprint density at radius 2 is 1.52 bits per heavy atom. The number of ether oxygens (including phenoxy) is 1. The summed E-state index contributed by atoms with van der Waals surface area (Å²) in [7, 11) is -4.18. The van der Waals surface area contributed by atoms with Crippen molar-refractivity contribution in [1.82, 2.24) is 14.1 Å². The largest absolute Gasteiger partial charge is 0.490 e. The second-order valence-electron chi connectivity index (χ2n) is 13.7. The lowest BCUT2D eigenvalue weighted by Crippen LogP contribution is -2.64. The number of carbonyl (C=O) groups is 1. The molecular formula is C38H41ClF2N4O4S. The molecule has 50 heavy (non-hydrogen) atoms. The Morgan fingerprint density at radius 1 is 0.860 bits per heavy atom. The second-order valence-corrected chi connectivity index (χ2v) is 16.0. The van der Waals surface area contributed by atoms with Crippen LogP contribution in [-0.2, 0) is 21.4 Å². The van der Waals surface area contributed by atoms with Crippen LogP contribution in [0.15, 0.2) is 89.8 Å². The van der Waals surface area contributed by atoms with Gasteiger partial charge in [-0.1, -0.05) is 60.1 Å². The topological polar surface area (TPSA) is 96.2 Å². The molecule has 2 atom stereocenters. The zero-order valence-corrected chi connectivity index (χ0v) is 29.3. The van der Waals surface area contributed by atoms with Gasteiger partial charge in [0, 0.05) is 37.7 Å². The molecule has 4 aromatic rings. The molecule has 0 unspecified atom stereocenters. The number of benzene rings is 4. The Hall–Kier alpha value is -3.61. The van der Waals surface area contributed by atoms with Gasteiger partial charge in [0.2, 0.25) is 15.9 Å². The molecule has 2 aliphatic heterocycles. The van der Waals surface area contributed by atoms with Crippen LogP contribution in [0.25, 0.3) is 21.9 Å². The third kappa shape index (κ3) is 7.38. The number of hydrogen-bond acceptors (Lipinski definition) is 6. The number of nitrogens with two attached hydrogens (primary N) is 1. The maximum absolute atomic E-state index is 14.7. The Balaban J connectivity index is 1.13. The first kappa shape index (κ1) is 34.8. The van der Waals surface area contributed by atoms with E-state index in [9.17, 15) is 22.0 Å². The molecule has 3 aliphatic rings. The smallest absolute Gasteiger partial charge is 0.280 e. The number of nitrogens with zero attached hydrogens (tertiary/aromatic N) is 3. The van der Waals surface area contributed by atoms with Gasteiger partial charge in [0.1, 0.15) is 11.8 Å². The summed E-state index contributed by atoms with van der Waals surface area (Å²) in [5, 5.41) is 2.22. The molecule has 1 amide bonds. The van der Waals surface area contributed by atoms with Crippen molar-refractivity contribution in [2.75, 3.05) is 32.7 Å². The molecule has 0 radical (unpaired) electrons. The molecule has 2 N–H and O–H groups in total. The van der Waals surface area contributed by atoms with E-state index in [1.807, 2.05) is 71.6 Å². The number of halogens is 3. The molecular weight excluding hydrogens is 682 g/mol. The van der Waals surface area contributed by atoms with Crippen molar-refractivity contribution in [2.45, 2.75) is 67.7 Å². The molecule has 12 heteroatoms. The van der Waals surface area contributed by atoms with E-state index < -0.39 is 40.5 Å². The zero-order chi connectivity index (χ0) is 35.0. The van der Waals surface area contributed by atoms with Gasteiger partial charge in [0.25, 0.3) is 5.92 Å². The fourth-order valence-electron chi connectivity index (χ4n) is 7.28. The summed E-state index contributed by atoms with van der Waals surface area (Å²) in [6, 6.07) is 23.5. The summed E-state index contributed by atoms with van der Waals surface area (Å²) in [5.74, 6) is -3.16. The predicted molar refractivity (Wildman–Crippen MR) is 191 cm³/mol. The van der Waals surface area contributed by atoms with E-state index in [4.69, 9.17) is 22.1 Å². The van der Waals surface area contributed by atoms with Crippen molar-refractivity contribution in [1.29, 1.82) is 0 Å². The van der Waals surface area contributed by atoms with Crippen LogP contribution in [0.5, 0.6) is 5.75 Å². The van der Waals surface area contributed by atoms with Crippen molar-refractivity contribution >= 4 is 38.3 Å². The molecule has 2 heterocycles. The molecule has 4 aromatic carbocycles. The fraction of sp³-hybridized carbons (Fsp3) is 0.395. The molecule has 0 spiro atoms. The normalized spacial score (nSPS) is 22.2. The van der Waals surface area contributed by atoms with Gasteiger partial charge in [-0.3, -0.25) is 9.69 Å². The number of piperidine rings is 1. The first-order chi connectivity index (χ1) is 24.0. The minimum Gasteiger partial charge on any atom is -0.490 e. The standard InChI is InChI=1S/C38H41ClF2N4O4S/c39-31-13-9-28(10-14-31)27-7-5-26(6-8-27)23-43-19-20-45(35(24-43)37(46)44-18-17-36(42)38(40,41)25-44)50(47,48)34-16-12-29-21-33(15-11-30(29)22-34)49-32-3-1-2-4-32/h5-16,21-22,32,35-36H,1-4,17-20,23-25,42H2/t35-,36+/m0/s1. The van der Waals surface area contributed by atoms with Crippen LogP contribution >= 0.6 is 11.6 Å². The lowest BCUT2D eigenvalue weighted by molar-refractivity contribution is -0.149. The number of amides is 1. The van der Waals surface area contributed by atoms with Crippen LogP contribution in [0.1, 0.15) is 37.7 Å². The predicted octanol–water partition coefficient (Wildman–Crippen LogP) is 6.55. The molecule has 264 valence electrons. The molecule has 1 aliphatic carbocycles. The van der Waals surface area contributed by atoms with Gasteiger partial charge in [0.05, 0.1) is 23.6 Å². The molecule has 2 saturated heterocycles. The summed E-state index contributed by atoms with van der Waals surface area (Å²) in [5.41, 5.74) is 8.69. The minimum atomic E-state index is -4.18. The van der Waals surface area contributed by atoms with Crippen LogP contribution in [0.2, 0.25) is 5.02 Å². The number of carbonyl (C=O) groups excluding carboxylic acids is 1. The maximum atomic E-state index is 14.7. The highest BCUT2D eigenvalue weighted by atomic mass is 35.5. The van der Waals surface area contributed by atoms with Crippen molar-refractivity contribution < 1.29 is 26.7 Å². The van der Waals surface area contributed by atoms with Gasteiger partial charge in [-0.25, -0.2) is 17.2 Å². The number of likely N-dealkylation sites (tertiary alicyclic amines) is 1. The van der Waals surface area contributed by atoms with Crippen LogP contribution in [0.4, 0.5) is 8.78 Å². The van der Waals surface area contributed by atoms with Gasteiger partial charge in [-0.15, -0.1) is 0 Å². The van der Waals surface area contributed by atoms with Crippen LogP contribution in [0, 0.1) is 0 Å². The molecule has 7 rings (SSSR count). The van der Waals surface area contributed by atoms with E-state index in [0.717, 1.165) is 63.8 Å². The first-order valence-corrected chi connectivity index (χ1v) is 19.0. The summed E-state index contributed by atoms with van der Waals surface area (Å²) in [6.45, 7) is 0.0928. The van der Waals surface area contributed by atoms with E-state index in [1.165, 1.54) is 4.31 Å². The average Bonchev–Trinajstić information content (AvgIpc) is 3.62. The lowest BCUT2D eigenvalue weighted by atomic mass is 10.0. The Kier molecular flexibility index (Phi) is 9.88. The molecule has 0 aromatic heterocycles. The number of alkyl halides is 2. The Morgan fingerprint density at radius 3 is 2.22 bits per heavy atom. The summed E-state index contributed by atoms with van der Waals surface area (Å²) < 4.78 is 65.4. The molecule has 1 saturated carbocycles. The van der Waals surface area contributed by atoms with Crippen molar-refractivity contribution in [2.24, 2.45) is 5.73 Å². The van der Waals surface area contributed by atoms with E-state index >= 15 is 0 Å².